The second kappa shape index (κ2) is 10.8. The highest BCUT2D eigenvalue weighted by molar-refractivity contribution is 6.43. The van der Waals surface area contributed by atoms with Crippen molar-refractivity contribution in [1.29, 1.82) is 0 Å². The van der Waals surface area contributed by atoms with Gasteiger partial charge in [-0.15, -0.1) is 6.58 Å². The fourth-order valence-corrected chi connectivity index (χ4v) is 2.85. The summed E-state index contributed by atoms with van der Waals surface area (Å²) < 4.78 is 0. The first-order chi connectivity index (χ1) is 12.7. The Morgan fingerprint density at radius 1 is 0.885 bits per heavy atom. The van der Waals surface area contributed by atoms with E-state index in [-0.39, 0.29) is 0 Å². The van der Waals surface area contributed by atoms with Crippen LogP contribution >= 0.6 is 0 Å². The molecule has 0 bridgehead atoms. The van der Waals surface area contributed by atoms with Crippen molar-refractivity contribution in [3.8, 4) is 0 Å². The Morgan fingerprint density at radius 2 is 1.38 bits per heavy atom. The molecule has 1 heteroatoms. The minimum Gasteiger partial charge on any atom is -0.287 e. The molecule has 0 atom stereocenters. The molecule has 0 fully saturated rings. The van der Waals surface area contributed by atoms with Gasteiger partial charge >= 0.3 is 0 Å². The van der Waals surface area contributed by atoms with Gasteiger partial charge in [-0.3, -0.25) is 4.99 Å². The molecule has 0 spiro atoms. The number of nitrogens with zero attached hydrogens (tertiary/aromatic N) is 1. The van der Waals surface area contributed by atoms with Crippen LogP contribution in [0.5, 0.6) is 0 Å². The highest BCUT2D eigenvalue weighted by atomic mass is 14.7. The minimum atomic E-state index is 0.931. The van der Waals surface area contributed by atoms with E-state index >= 15 is 0 Å². The van der Waals surface area contributed by atoms with Crippen molar-refractivity contribution in [1.82, 2.24) is 0 Å². The molecule has 0 aromatic heterocycles. The highest BCUT2D eigenvalue weighted by Gasteiger charge is 2.28. The van der Waals surface area contributed by atoms with Gasteiger partial charge in [0, 0.05) is 18.2 Å². The summed E-state index contributed by atoms with van der Waals surface area (Å²) in [7, 11) is 1.84. The smallest absolute Gasteiger partial charge is 0.0734 e. The standard InChI is InChI=1S/C20H17N.C3H6.C2H6/c1-4-14(2)18-16-12-8-9-13-17(16)20(21-3)19(18)15-10-6-5-7-11-15;1-3-2;1-2/h4-13H,1-2H2,3H3;3H,1H2,2H3;1-2H3. The first-order valence-electron chi connectivity index (χ1n) is 8.94. The summed E-state index contributed by atoms with van der Waals surface area (Å²) in [4.78, 5) is 4.54. The molecule has 1 nitrogen and oxygen atoms in total. The monoisotopic (exact) mass is 343 g/mol. The number of benzene rings is 2. The molecule has 3 rings (SSSR count). The third-order valence-electron chi connectivity index (χ3n) is 3.79. The van der Waals surface area contributed by atoms with Gasteiger partial charge in [-0.25, -0.2) is 0 Å². The first kappa shape index (κ1) is 21.1. The van der Waals surface area contributed by atoms with E-state index in [9.17, 15) is 0 Å². The molecule has 26 heavy (non-hydrogen) atoms. The van der Waals surface area contributed by atoms with Gasteiger partial charge in [0.05, 0.1) is 5.71 Å². The maximum atomic E-state index is 4.54. The lowest BCUT2D eigenvalue weighted by molar-refractivity contribution is 1.44. The van der Waals surface area contributed by atoms with E-state index in [1.54, 1.807) is 6.08 Å². The van der Waals surface area contributed by atoms with Crippen molar-refractivity contribution in [2.24, 2.45) is 4.99 Å². The Kier molecular flexibility index (Phi) is 8.80. The third kappa shape index (κ3) is 4.37. The average molecular weight is 344 g/mol. The van der Waals surface area contributed by atoms with E-state index in [1.807, 2.05) is 58.2 Å². The van der Waals surface area contributed by atoms with Gasteiger partial charge in [-0.1, -0.05) is 93.8 Å². The SMILES string of the molecule is C=CC.C=CC(=C)C1=C(c2ccccc2)C(=NC)c2ccccc21.CC. The predicted octanol–water partition coefficient (Wildman–Crippen LogP) is 6.99. The summed E-state index contributed by atoms with van der Waals surface area (Å²) in [5, 5.41) is 0. The molecule has 0 N–H and O–H groups in total. The fourth-order valence-electron chi connectivity index (χ4n) is 2.85. The molecular formula is C25H29N. The van der Waals surface area contributed by atoms with E-state index in [2.05, 4.69) is 55.1 Å². The molecule has 0 unspecified atom stereocenters. The lowest BCUT2D eigenvalue weighted by Gasteiger charge is -2.09. The zero-order chi connectivity index (χ0) is 19.5. The van der Waals surface area contributed by atoms with Gasteiger partial charge < -0.3 is 0 Å². The van der Waals surface area contributed by atoms with E-state index in [0.29, 0.717) is 0 Å². The molecule has 2 aromatic rings. The number of rotatable bonds is 3. The second-order valence-corrected chi connectivity index (χ2v) is 5.37. The van der Waals surface area contributed by atoms with Crippen LogP contribution in [0.3, 0.4) is 0 Å². The molecule has 0 radical (unpaired) electrons. The number of fused-ring (bicyclic) bond motifs is 1. The number of allylic oxidation sites excluding steroid dienone is 5. The summed E-state index contributed by atoms with van der Waals surface area (Å²) in [5.74, 6) is 0. The minimum absolute atomic E-state index is 0.931. The van der Waals surface area contributed by atoms with Crippen LogP contribution in [-0.2, 0) is 0 Å². The quantitative estimate of drug-likeness (QED) is 0.420. The van der Waals surface area contributed by atoms with E-state index < -0.39 is 0 Å². The van der Waals surface area contributed by atoms with Crippen molar-refractivity contribution in [3.05, 3.63) is 109 Å². The molecular weight excluding hydrogens is 314 g/mol. The van der Waals surface area contributed by atoms with Crippen LogP contribution in [0.15, 0.2) is 97.1 Å². The zero-order valence-corrected chi connectivity index (χ0v) is 16.4. The van der Waals surface area contributed by atoms with Crippen molar-refractivity contribution >= 4 is 16.9 Å². The maximum absolute atomic E-state index is 4.54. The van der Waals surface area contributed by atoms with Gasteiger partial charge in [0.15, 0.2) is 0 Å². The summed E-state index contributed by atoms with van der Waals surface area (Å²) in [6, 6.07) is 18.7. The molecule has 1 aliphatic carbocycles. The Hall–Kier alpha value is -2.93. The first-order valence-corrected chi connectivity index (χ1v) is 8.94. The van der Waals surface area contributed by atoms with Crippen LogP contribution in [-0.4, -0.2) is 12.8 Å². The molecule has 134 valence electrons. The van der Waals surface area contributed by atoms with E-state index in [4.69, 9.17) is 0 Å². The normalized spacial score (nSPS) is 13.0. The van der Waals surface area contributed by atoms with Crippen molar-refractivity contribution < 1.29 is 0 Å². The Morgan fingerprint density at radius 3 is 1.88 bits per heavy atom. The van der Waals surface area contributed by atoms with Crippen LogP contribution in [0.4, 0.5) is 0 Å². The zero-order valence-electron chi connectivity index (χ0n) is 16.4. The molecule has 0 saturated heterocycles. The van der Waals surface area contributed by atoms with Crippen molar-refractivity contribution in [2.75, 3.05) is 7.05 Å². The summed E-state index contributed by atoms with van der Waals surface area (Å²) in [6.07, 6.45) is 3.56. The van der Waals surface area contributed by atoms with Crippen molar-refractivity contribution in [2.45, 2.75) is 20.8 Å². The Bertz CT molecular complexity index is 820. The van der Waals surface area contributed by atoms with Crippen LogP contribution in [0.2, 0.25) is 0 Å². The largest absolute Gasteiger partial charge is 0.287 e. The van der Waals surface area contributed by atoms with Crippen LogP contribution in [0.1, 0.15) is 37.5 Å². The predicted molar refractivity (Wildman–Crippen MR) is 119 cm³/mol. The summed E-state index contributed by atoms with van der Waals surface area (Å²) in [6.45, 7) is 17.3. The average Bonchev–Trinajstić information content (AvgIpc) is 3.04. The summed E-state index contributed by atoms with van der Waals surface area (Å²) in [5.41, 5.74) is 7.73. The fraction of sp³-hybridized carbons (Fsp3) is 0.160. The van der Waals surface area contributed by atoms with Crippen molar-refractivity contribution in [3.63, 3.8) is 0 Å². The molecule has 0 aliphatic heterocycles. The van der Waals surface area contributed by atoms with Gasteiger partial charge in [0.1, 0.15) is 0 Å². The number of hydrogen-bond acceptors (Lipinski definition) is 1. The van der Waals surface area contributed by atoms with Gasteiger partial charge in [-0.05, 0) is 29.2 Å². The third-order valence-corrected chi connectivity index (χ3v) is 3.79. The van der Waals surface area contributed by atoms with Gasteiger partial charge in [-0.2, -0.15) is 0 Å². The number of hydrogen-bond donors (Lipinski definition) is 0. The lowest BCUT2D eigenvalue weighted by Crippen LogP contribution is -2.00. The molecule has 0 heterocycles. The lowest BCUT2D eigenvalue weighted by atomic mass is 9.95. The number of aliphatic imine (C=N–C) groups is 1. The molecule has 0 amide bonds. The van der Waals surface area contributed by atoms with E-state index in [1.165, 1.54) is 5.56 Å². The molecule has 1 aliphatic rings. The Balaban J connectivity index is 0.000000615. The molecule has 0 saturated carbocycles. The van der Waals surface area contributed by atoms with E-state index in [0.717, 1.165) is 33.6 Å². The van der Waals surface area contributed by atoms with Gasteiger partial charge in [0.25, 0.3) is 0 Å². The van der Waals surface area contributed by atoms with Crippen LogP contribution in [0.25, 0.3) is 11.1 Å². The molecule has 2 aromatic carbocycles. The summed E-state index contributed by atoms with van der Waals surface area (Å²) >= 11 is 0. The van der Waals surface area contributed by atoms with Gasteiger partial charge in [0.2, 0.25) is 0 Å². The topological polar surface area (TPSA) is 12.4 Å². The maximum Gasteiger partial charge on any atom is 0.0734 e. The highest BCUT2D eigenvalue weighted by Crippen LogP contribution is 2.42. The van der Waals surface area contributed by atoms with Crippen LogP contribution < -0.4 is 0 Å². The Labute approximate surface area is 158 Å². The van der Waals surface area contributed by atoms with Crippen LogP contribution in [0, 0.1) is 0 Å². The second-order valence-electron chi connectivity index (χ2n) is 5.37.